The SMILES string of the molecule is CCc1ccc(C(CC)NCC(C)c2ccccc2)cc1. The van der Waals surface area contributed by atoms with Crippen molar-refractivity contribution < 1.29 is 0 Å². The first kappa shape index (κ1) is 15.8. The van der Waals surface area contributed by atoms with Crippen molar-refractivity contribution in [2.24, 2.45) is 0 Å². The van der Waals surface area contributed by atoms with Gasteiger partial charge in [0.15, 0.2) is 0 Å². The third kappa shape index (κ3) is 4.44. The molecule has 0 saturated carbocycles. The van der Waals surface area contributed by atoms with Crippen LogP contribution < -0.4 is 5.32 Å². The summed E-state index contributed by atoms with van der Waals surface area (Å²) in [5, 5.41) is 3.72. The third-order valence-corrected chi connectivity index (χ3v) is 4.24. The molecule has 2 aromatic rings. The highest BCUT2D eigenvalue weighted by molar-refractivity contribution is 5.25. The predicted octanol–water partition coefficient (Wildman–Crippen LogP) is 5.09. The normalized spacial score (nSPS) is 13.9. The molecule has 0 radical (unpaired) electrons. The van der Waals surface area contributed by atoms with Crippen molar-refractivity contribution in [3.63, 3.8) is 0 Å². The molecule has 0 aliphatic carbocycles. The minimum Gasteiger partial charge on any atom is -0.309 e. The first-order valence-electron chi connectivity index (χ1n) is 8.11. The van der Waals surface area contributed by atoms with Crippen molar-refractivity contribution in [1.29, 1.82) is 0 Å². The van der Waals surface area contributed by atoms with Gasteiger partial charge in [-0.05, 0) is 35.4 Å². The second kappa shape index (κ2) is 7.99. The Morgan fingerprint density at radius 1 is 0.857 bits per heavy atom. The molecule has 112 valence electrons. The fraction of sp³-hybridized carbons (Fsp3) is 0.400. The zero-order chi connectivity index (χ0) is 15.1. The van der Waals surface area contributed by atoms with Gasteiger partial charge in [0.2, 0.25) is 0 Å². The molecule has 0 bridgehead atoms. The van der Waals surface area contributed by atoms with E-state index in [2.05, 4.69) is 80.7 Å². The van der Waals surface area contributed by atoms with Crippen molar-refractivity contribution in [1.82, 2.24) is 5.32 Å². The Kier molecular flexibility index (Phi) is 6.01. The van der Waals surface area contributed by atoms with Gasteiger partial charge in [0.25, 0.3) is 0 Å². The van der Waals surface area contributed by atoms with E-state index < -0.39 is 0 Å². The Hall–Kier alpha value is -1.60. The Morgan fingerprint density at radius 2 is 1.52 bits per heavy atom. The number of hydrogen-bond acceptors (Lipinski definition) is 1. The lowest BCUT2D eigenvalue weighted by Crippen LogP contribution is -2.25. The lowest BCUT2D eigenvalue weighted by Gasteiger charge is -2.21. The summed E-state index contributed by atoms with van der Waals surface area (Å²) < 4.78 is 0. The largest absolute Gasteiger partial charge is 0.309 e. The van der Waals surface area contributed by atoms with Gasteiger partial charge in [-0.15, -0.1) is 0 Å². The summed E-state index contributed by atoms with van der Waals surface area (Å²) in [6, 6.07) is 20.2. The second-order valence-corrected chi connectivity index (χ2v) is 5.78. The summed E-state index contributed by atoms with van der Waals surface area (Å²) in [4.78, 5) is 0. The van der Waals surface area contributed by atoms with E-state index in [0.29, 0.717) is 12.0 Å². The number of rotatable bonds is 7. The van der Waals surface area contributed by atoms with Crippen LogP contribution in [0.3, 0.4) is 0 Å². The summed E-state index contributed by atoms with van der Waals surface area (Å²) in [6.07, 6.45) is 2.22. The topological polar surface area (TPSA) is 12.0 Å². The summed E-state index contributed by atoms with van der Waals surface area (Å²) in [7, 11) is 0. The first-order valence-corrected chi connectivity index (χ1v) is 8.11. The van der Waals surface area contributed by atoms with Crippen molar-refractivity contribution in [2.75, 3.05) is 6.54 Å². The molecule has 2 atom stereocenters. The molecular weight excluding hydrogens is 254 g/mol. The molecule has 2 rings (SSSR count). The molecule has 0 aromatic heterocycles. The fourth-order valence-electron chi connectivity index (χ4n) is 2.70. The van der Waals surface area contributed by atoms with E-state index in [1.165, 1.54) is 16.7 Å². The van der Waals surface area contributed by atoms with Crippen LogP contribution in [0, 0.1) is 0 Å². The van der Waals surface area contributed by atoms with Gasteiger partial charge in [0, 0.05) is 12.6 Å². The lowest BCUT2D eigenvalue weighted by atomic mass is 9.98. The van der Waals surface area contributed by atoms with Crippen LogP contribution in [0.15, 0.2) is 54.6 Å². The van der Waals surface area contributed by atoms with Crippen molar-refractivity contribution in [3.8, 4) is 0 Å². The fourth-order valence-corrected chi connectivity index (χ4v) is 2.70. The van der Waals surface area contributed by atoms with Crippen LogP contribution in [0.2, 0.25) is 0 Å². The van der Waals surface area contributed by atoms with Crippen LogP contribution in [0.25, 0.3) is 0 Å². The number of benzene rings is 2. The molecule has 1 heteroatoms. The highest BCUT2D eigenvalue weighted by Gasteiger charge is 2.11. The van der Waals surface area contributed by atoms with Crippen LogP contribution in [0.1, 0.15) is 55.8 Å². The predicted molar refractivity (Wildman–Crippen MR) is 91.7 cm³/mol. The van der Waals surface area contributed by atoms with Crippen LogP contribution in [0.5, 0.6) is 0 Å². The Morgan fingerprint density at radius 3 is 2.10 bits per heavy atom. The molecule has 0 spiro atoms. The maximum atomic E-state index is 3.72. The third-order valence-electron chi connectivity index (χ3n) is 4.24. The summed E-state index contributed by atoms with van der Waals surface area (Å²) in [5.74, 6) is 0.537. The molecule has 0 amide bonds. The van der Waals surface area contributed by atoms with E-state index in [1.807, 2.05) is 0 Å². The highest BCUT2D eigenvalue weighted by atomic mass is 14.9. The number of hydrogen-bond donors (Lipinski definition) is 1. The highest BCUT2D eigenvalue weighted by Crippen LogP contribution is 2.20. The van der Waals surface area contributed by atoms with E-state index in [-0.39, 0.29) is 0 Å². The van der Waals surface area contributed by atoms with Gasteiger partial charge in [-0.25, -0.2) is 0 Å². The van der Waals surface area contributed by atoms with E-state index in [1.54, 1.807) is 0 Å². The van der Waals surface area contributed by atoms with E-state index in [9.17, 15) is 0 Å². The maximum Gasteiger partial charge on any atom is 0.0317 e. The zero-order valence-electron chi connectivity index (χ0n) is 13.5. The second-order valence-electron chi connectivity index (χ2n) is 5.78. The van der Waals surface area contributed by atoms with Crippen molar-refractivity contribution in [3.05, 3.63) is 71.3 Å². The molecule has 2 unspecified atom stereocenters. The average molecular weight is 281 g/mol. The van der Waals surface area contributed by atoms with Crippen LogP contribution >= 0.6 is 0 Å². The zero-order valence-corrected chi connectivity index (χ0v) is 13.5. The molecular formula is C20H27N. The smallest absolute Gasteiger partial charge is 0.0317 e. The van der Waals surface area contributed by atoms with Gasteiger partial charge < -0.3 is 5.32 Å². The lowest BCUT2D eigenvalue weighted by molar-refractivity contribution is 0.495. The monoisotopic (exact) mass is 281 g/mol. The van der Waals surface area contributed by atoms with Crippen molar-refractivity contribution in [2.45, 2.75) is 45.6 Å². The standard InChI is InChI=1S/C20H27N/c1-4-17-11-13-19(14-12-17)20(5-2)21-15-16(3)18-9-7-6-8-10-18/h6-14,16,20-21H,4-5,15H2,1-3H3. The van der Waals surface area contributed by atoms with Crippen LogP contribution in [-0.4, -0.2) is 6.54 Å². The van der Waals surface area contributed by atoms with Crippen LogP contribution in [-0.2, 0) is 6.42 Å². The Labute approximate surface area is 129 Å². The molecule has 0 heterocycles. The van der Waals surface area contributed by atoms with Gasteiger partial charge in [-0.3, -0.25) is 0 Å². The average Bonchev–Trinajstić information content (AvgIpc) is 2.56. The molecule has 0 aliphatic heterocycles. The Balaban J connectivity index is 1.95. The molecule has 0 fully saturated rings. The quantitative estimate of drug-likeness (QED) is 0.745. The van der Waals surface area contributed by atoms with Gasteiger partial charge in [-0.2, -0.15) is 0 Å². The minimum absolute atomic E-state index is 0.446. The van der Waals surface area contributed by atoms with Gasteiger partial charge in [0.1, 0.15) is 0 Å². The van der Waals surface area contributed by atoms with Crippen molar-refractivity contribution >= 4 is 0 Å². The maximum absolute atomic E-state index is 3.72. The molecule has 0 aliphatic rings. The molecule has 1 N–H and O–H groups in total. The summed E-state index contributed by atoms with van der Waals surface area (Å²) >= 11 is 0. The first-order chi connectivity index (χ1) is 10.2. The van der Waals surface area contributed by atoms with Gasteiger partial charge in [0.05, 0.1) is 0 Å². The van der Waals surface area contributed by atoms with E-state index >= 15 is 0 Å². The van der Waals surface area contributed by atoms with Gasteiger partial charge >= 0.3 is 0 Å². The van der Waals surface area contributed by atoms with E-state index in [0.717, 1.165) is 19.4 Å². The molecule has 21 heavy (non-hydrogen) atoms. The molecule has 2 aromatic carbocycles. The molecule has 1 nitrogen and oxygen atoms in total. The number of aryl methyl sites for hydroxylation is 1. The summed E-state index contributed by atoms with van der Waals surface area (Å²) in [6.45, 7) is 7.75. The number of nitrogens with one attached hydrogen (secondary N) is 1. The van der Waals surface area contributed by atoms with E-state index in [4.69, 9.17) is 0 Å². The van der Waals surface area contributed by atoms with Gasteiger partial charge in [-0.1, -0.05) is 75.4 Å². The minimum atomic E-state index is 0.446. The van der Waals surface area contributed by atoms with Crippen LogP contribution in [0.4, 0.5) is 0 Å². The Bertz CT molecular complexity index is 515. The molecule has 0 saturated heterocycles. The summed E-state index contributed by atoms with van der Waals surface area (Å²) in [5.41, 5.74) is 4.21.